The molecule has 0 amide bonds. The Balaban J connectivity index is 2.04. The van der Waals surface area contributed by atoms with E-state index in [-0.39, 0.29) is 24.1 Å². The molecule has 0 heterocycles. The van der Waals surface area contributed by atoms with E-state index in [0.29, 0.717) is 21.1 Å². The second-order valence-corrected chi connectivity index (χ2v) is 9.77. The molecule has 0 fully saturated rings. The number of hydrogen-bond donors (Lipinski definition) is 3. The fourth-order valence-electron chi connectivity index (χ4n) is 2.27. The van der Waals surface area contributed by atoms with Gasteiger partial charge >= 0.3 is 0 Å². The van der Waals surface area contributed by atoms with Gasteiger partial charge in [0, 0.05) is 16.0 Å². The van der Waals surface area contributed by atoms with Crippen molar-refractivity contribution in [1.29, 1.82) is 0 Å². The second kappa shape index (κ2) is 9.72. The molecule has 29 heavy (non-hydrogen) atoms. The zero-order chi connectivity index (χ0) is 21.6. The van der Waals surface area contributed by atoms with Crippen LogP contribution in [0.15, 0.2) is 62.3 Å². The summed E-state index contributed by atoms with van der Waals surface area (Å²) < 4.78 is 41.8. The van der Waals surface area contributed by atoms with Gasteiger partial charge in [0.2, 0.25) is 5.96 Å². The van der Waals surface area contributed by atoms with Gasteiger partial charge in [-0.1, -0.05) is 0 Å². The van der Waals surface area contributed by atoms with Crippen LogP contribution in [0.4, 0.5) is 0 Å². The Morgan fingerprint density at radius 2 is 1.79 bits per heavy atom. The molecule has 0 radical (unpaired) electrons. The Kier molecular flexibility index (Phi) is 7.59. The molecule has 158 valence electrons. The number of hydrogen-bond acceptors (Lipinski definition) is 7. The highest BCUT2D eigenvalue weighted by Gasteiger charge is 2.14. The monoisotopic (exact) mass is 441 g/mol. The minimum atomic E-state index is -3.41. The number of aliphatic hydroxyl groups excluding tert-OH is 1. The maximum absolute atomic E-state index is 12.8. The Morgan fingerprint density at radius 3 is 2.38 bits per heavy atom. The number of rotatable bonds is 9. The van der Waals surface area contributed by atoms with Gasteiger partial charge in [0.15, 0.2) is 9.84 Å². The fourth-order valence-corrected chi connectivity index (χ4v) is 4.27. The molecule has 2 atom stereocenters. The maximum Gasteiger partial charge on any atom is 0.228 e. The van der Waals surface area contributed by atoms with Gasteiger partial charge in [0.1, 0.15) is 25.1 Å². The summed E-state index contributed by atoms with van der Waals surface area (Å²) in [7, 11) is -4.97. The first-order valence-corrected chi connectivity index (χ1v) is 11.5. The normalized spacial score (nSPS) is 13.3. The molecule has 0 bridgehead atoms. The average Bonchev–Trinajstić information content (AvgIpc) is 2.64. The van der Waals surface area contributed by atoms with Gasteiger partial charge in [0.05, 0.1) is 15.7 Å². The van der Waals surface area contributed by atoms with Gasteiger partial charge in [-0.25, -0.2) is 12.6 Å². The molecule has 2 rings (SSSR count). The van der Waals surface area contributed by atoms with E-state index < -0.39 is 26.7 Å². The number of nitrogens with zero attached hydrogens (tertiary/aromatic N) is 1. The van der Waals surface area contributed by atoms with Crippen molar-refractivity contribution >= 4 is 26.6 Å². The van der Waals surface area contributed by atoms with E-state index in [1.165, 1.54) is 12.1 Å². The largest absolute Gasteiger partial charge is 0.491 e. The third-order valence-electron chi connectivity index (χ3n) is 3.58. The van der Waals surface area contributed by atoms with Crippen molar-refractivity contribution in [2.24, 2.45) is 16.6 Å². The van der Waals surface area contributed by atoms with E-state index in [4.69, 9.17) is 21.0 Å². The zero-order valence-corrected chi connectivity index (χ0v) is 17.6. The number of sulfone groups is 1. The summed E-state index contributed by atoms with van der Waals surface area (Å²) in [6, 6.07) is 11.0. The van der Waals surface area contributed by atoms with Crippen molar-refractivity contribution in [3.05, 3.63) is 48.0 Å². The van der Waals surface area contributed by atoms with E-state index >= 15 is 0 Å². The molecule has 0 aliphatic carbocycles. The number of guanidine groups is 1. The molecule has 2 unspecified atom stereocenters. The van der Waals surface area contributed by atoms with Crippen molar-refractivity contribution < 1.29 is 27.3 Å². The number of aliphatic hydroxyl groups is 1. The highest BCUT2D eigenvalue weighted by Crippen LogP contribution is 2.23. The van der Waals surface area contributed by atoms with Crippen molar-refractivity contribution in [2.75, 3.05) is 19.5 Å². The van der Waals surface area contributed by atoms with Crippen molar-refractivity contribution in [3.8, 4) is 5.75 Å². The smallest absolute Gasteiger partial charge is 0.228 e. The van der Waals surface area contributed by atoms with Crippen LogP contribution in [0.3, 0.4) is 0 Å². The Labute approximate surface area is 171 Å². The number of nitrogens with two attached hydrogens (primary N) is 2. The van der Waals surface area contributed by atoms with Gasteiger partial charge in [0.25, 0.3) is 0 Å². The van der Waals surface area contributed by atoms with Crippen molar-refractivity contribution in [1.82, 2.24) is 0 Å². The molecule has 0 aliphatic rings. The summed E-state index contributed by atoms with van der Waals surface area (Å²) in [6.45, 7) is 1.54. The molecule has 9 nitrogen and oxygen atoms in total. The summed E-state index contributed by atoms with van der Waals surface area (Å²) in [5.74, 6) is 0.201. The molecule has 2 aromatic rings. The first-order chi connectivity index (χ1) is 13.6. The predicted octanol–water partition coefficient (Wildman–Crippen LogP) is 0.510. The quantitative estimate of drug-likeness (QED) is 0.289. The summed E-state index contributed by atoms with van der Waals surface area (Å²) >= 11 is 0. The van der Waals surface area contributed by atoms with Gasteiger partial charge in [-0.3, -0.25) is 0 Å². The lowest BCUT2D eigenvalue weighted by Crippen LogP contribution is -2.26. The number of aryl methyl sites for hydroxylation is 1. The molecule has 2 aromatic carbocycles. The van der Waals surface area contributed by atoms with Crippen LogP contribution in [-0.4, -0.2) is 49.3 Å². The fraction of sp³-hybridized carbons (Fsp3) is 0.278. The van der Waals surface area contributed by atoms with Crippen LogP contribution in [0.5, 0.6) is 5.75 Å². The molecule has 0 spiro atoms. The van der Waals surface area contributed by atoms with Crippen LogP contribution in [0.2, 0.25) is 0 Å². The highest BCUT2D eigenvalue weighted by molar-refractivity contribution is 7.90. The summed E-state index contributed by atoms with van der Waals surface area (Å²) in [6.07, 6.45) is 0.158. The van der Waals surface area contributed by atoms with E-state index in [9.17, 15) is 17.7 Å². The van der Waals surface area contributed by atoms with Crippen molar-refractivity contribution in [2.45, 2.75) is 27.7 Å². The van der Waals surface area contributed by atoms with Crippen LogP contribution < -0.4 is 16.2 Å². The molecule has 0 saturated carbocycles. The SMILES string of the molecule is Cc1cc(S(=O)c2ccc(OCC(O)CON=C(N)N)cc2)cc(S(C)(=O)=O)c1. The number of benzene rings is 2. The number of oxime groups is 1. The first-order valence-electron chi connectivity index (χ1n) is 8.41. The molecule has 0 aromatic heterocycles. The lowest BCUT2D eigenvalue weighted by molar-refractivity contribution is 0.0141. The lowest BCUT2D eigenvalue weighted by atomic mass is 10.2. The minimum Gasteiger partial charge on any atom is -0.491 e. The number of ether oxygens (including phenoxy) is 1. The van der Waals surface area contributed by atoms with Crippen molar-refractivity contribution in [3.63, 3.8) is 0 Å². The topological polar surface area (TPSA) is 154 Å². The van der Waals surface area contributed by atoms with Gasteiger partial charge in [-0.05, 0) is 60.1 Å². The average molecular weight is 442 g/mol. The third kappa shape index (κ3) is 7.04. The van der Waals surface area contributed by atoms with E-state index in [1.54, 1.807) is 37.3 Å². The third-order valence-corrected chi connectivity index (χ3v) is 6.04. The summed E-state index contributed by atoms with van der Waals surface area (Å²) in [4.78, 5) is 5.72. The highest BCUT2D eigenvalue weighted by atomic mass is 32.2. The summed E-state index contributed by atoms with van der Waals surface area (Å²) in [5, 5.41) is 13.0. The van der Waals surface area contributed by atoms with Gasteiger partial charge in [-0.15, -0.1) is 0 Å². The first kappa shape index (κ1) is 22.7. The van der Waals surface area contributed by atoms with Crippen LogP contribution in [-0.2, 0) is 25.5 Å². The Morgan fingerprint density at radius 1 is 1.14 bits per heavy atom. The molecule has 0 aliphatic heterocycles. The van der Waals surface area contributed by atoms with Gasteiger partial charge < -0.3 is 26.1 Å². The molecule has 5 N–H and O–H groups in total. The summed E-state index contributed by atoms with van der Waals surface area (Å²) in [5.41, 5.74) is 10.9. The van der Waals surface area contributed by atoms with E-state index in [0.717, 1.165) is 6.26 Å². The molecule has 11 heteroatoms. The van der Waals surface area contributed by atoms with Crippen LogP contribution in [0, 0.1) is 6.92 Å². The second-order valence-electron chi connectivity index (χ2n) is 6.27. The lowest BCUT2D eigenvalue weighted by Gasteiger charge is -2.12. The van der Waals surface area contributed by atoms with Gasteiger partial charge in [-0.2, -0.15) is 0 Å². The molecular formula is C18H23N3O6S2. The molecular weight excluding hydrogens is 418 g/mol. The van der Waals surface area contributed by atoms with E-state index in [2.05, 4.69) is 5.16 Å². The van der Waals surface area contributed by atoms with Crippen LogP contribution in [0.1, 0.15) is 5.56 Å². The van der Waals surface area contributed by atoms with Crippen LogP contribution >= 0.6 is 0 Å². The van der Waals surface area contributed by atoms with Crippen LogP contribution in [0.25, 0.3) is 0 Å². The predicted molar refractivity (Wildman–Crippen MR) is 109 cm³/mol. The maximum atomic E-state index is 12.8. The Hall–Kier alpha value is -2.63. The zero-order valence-electron chi connectivity index (χ0n) is 15.9. The minimum absolute atomic E-state index is 0.0575. The standard InChI is InChI=1S/C18H23N3O6S2/c1-12-7-16(9-17(8-12)29(2,24)25)28(23)15-5-3-14(4-6-15)26-10-13(22)11-27-21-18(19)20/h3-9,13,22H,10-11H2,1-2H3,(H4,19,20,21). The molecule has 0 saturated heterocycles. The van der Waals surface area contributed by atoms with E-state index in [1.807, 2.05) is 0 Å². The Bertz CT molecular complexity index is 1000.